The fourth-order valence-electron chi connectivity index (χ4n) is 2.50. The molecule has 8 heteroatoms. The Morgan fingerprint density at radius 3 is 2.59 bits per heavy atom. The van der Waals surface area contributed by atoms with Crippen LogP contribution in [0.25, 0.3) is 0 Å². The summed E-state index contributed by atoms with van der Waals surface area (Å²) >= 11 is 3.47. The Balaban J connectivity index is 1.63. The van der Waals surface area contributed by atoms with Crippen molar-refractivity contribution >= 4 is 33.4 Å². The quantitative estimate of drug-likeness (QED) is 0.729. The third-order valence-corrected chi connectivity index (χ3v) is 4.57. The van der Waals surface area contributed by atoms with E-state index >= 15 is 0 Å². The lowest BCUT2D eigenvalue weighted by atomic mass is 10.1. The van der Waals surface area contributed by atoms with Gasteiger partial charge < -0.3 is 24.8 Å². The number of carbonyl (C=O) groups excluding carboxylic acids is 2. The molecule has 0 aromatic heterocycles. The monoisotopic (exact) mass is 434 g/mol. The molecule has 0 saturated carbocycles. The van der Waals surface area contributed by atoms with Crippen LogP contribution in [-0.2, 0) is 16.0 Å². The van der Waals surface area contributed by atoms with Gasteiger partial charge in [-0.05, 0) is 29.8 Å². The predicted octanol–water partition coefficient (Wildman–Crippen LogP) is 2.53. The average Bonchev–Trinajstić information content (AvgIpc) is 2.67. The molecule has 0 spiro atoms. The molecule has 142 valence electrons. The van der Waals surface area contributed by atoms with E-state index in [4.69, 9.17) is 14.2 Å². The van der Waals surface area contributed by atoms with Gasteiger partial charge in [0.15, 0.2) is 18.1 Å². The second-order valence-electron chi connectivity index (χ2n) is 5.80. The molecule has 2 N–H and O–H groups in total. The Morgan fingerprint density at radius 2 is 1.85 bits per heavy atom. The normalized spacial score (nSPS) is 12.2. The number of ether oxygens (including phenoxy) is 3. The number of benzene rings is 2. The molecule has 1 aliphatic rings. The highest BCUT2D eigenvalue weighted by molar-refractivity contribution is 9.10. The third kappa shape index (κ3) is 5.13. The first kappa shape index (κ1) is 19.0. The summed E-state index contributed by atoms with van der Waals surface area (Å²) in [7, 11) is 1.54. The SMILES string of the molecule is CNC(=O)COc1cccc(NC(=O)Cc2cc3c(cc2Br)OCCO3)c1. The molecular formula is C19H19BrN2O5. The van der Waals surface area contributed by atoms with E-state index in [0.29, 0.717) is 36.1 Å². The van der Waals surface area contributed by atoms with Gasteiger partial charge in [-0.1, -0.05) is 22.0 Å². The van der Waals surface area contributed by atoms with E-state index in [2.05, 4.69) is 26.6 Å². The molecule has 0 atom stereocenters. The first-order valence-corrected chi connectivity index (χ1v) is 9.16. The number of hydrogen-bond donors (Lipinski definition) is 2. The van der Waals surface area contributed by atoms with Crippen LogP contribution in [0.4, 0.5) is 5.69 Å². The fourth-order valence-corrected chi connectivity index (χ4v) is 2.97. The second kappa shape index (κ2) is 8.77. The Kier molecular flexibility index (Phi) is 6.18. The maximum atomic E-state index is 12.4. The number of hydrogen-bond acceptors (Lipinski definition) is 5. The average molecular weight is 435 g/mol. The maximum Gasteiger partial charge on any atom is 0.257 e. The minimum Gasteiger partial charge on any atom is -0.486 e. The van der Waals surface area contributed by atoms with Crippen molar-refractivity contribution in [3.05, 3.63) is 46.4 Å². The first-order valence-electron chi connectivity index (χ1n) is 8.36. The van der Waals surface area contributed by atoms with Crippen molar-refractivity contribution in [2.45, 2.75) is 6.42 Å². The van der Waals surface area contributed by atoms with Crippen LogP contribution < -0.4 is 24.8 Å². The minimum absolute atomic E-state index is 0.0853. The van der Waals surface area contributed by atoms with Gasteiger partial charge >= 0.3 is 0 Å². The number of fused-ring (bicyclic) bond motifs is 1. The molecule has 0 radical (unpaired) electrons. The second-order valence-corrected chi connectivity index (χ2v) is 6.66. The van der Waals surface area contributed by atoms with Crippen molar-refractivity contribution in [2.75, 3.05) is 32.2 Å². The zero-order chi connectivity index (χ0) is 19.2. The number of carbonyl (C=O) groups is 2. The van der Waals surface area contributed by atoms with Crippen molar-refractivity contribution in [1.82, 2.24) is 5.32 Å². The number of nitrogens with one attached hydrogen (secondary N) is 2. The van der Waals surface area contributed by atoms with Crippen molar-refractivity contribution in [2.24, 2.45) is 0 Å². The number of halogens is 1. The molecule has 0 unspecified atom stereocenters. The predicted molar refractivity (Wildman–Crippen MR) is 103 cm³/mol. The number of amides is 2. The highest BCUT2D eigenvalue weighted by atomic mass is 79.9. The number of rotatable bonds is 6. The van der Waals surface area contributed by atoms with Crippen LogP contribution in [0.2, 0.25) is 0 Å². The molecule has 2 amide bonds. The van der Waals surface area contributed by atoms with E-state index in [0.717, 1.165) is 10.0 Å². The topological polar surface area (TPSA) is 85.9 Å². The minimum atomic E-state index is -0.229. The van der Waals surface area contributed by atoms with Crippen LogP contribution in [0.3, 0.4) is 0 Å². The van der Waals surface area contributed by atoms with E-state index in [9.17, 15) is 9.59 Å². The lowest BCUT2D eigenvalue weighted by Crippen LogP contribution is -2.24. The van der Waals surface area contributed by atoms with Gasteiger partial charge in [-0.3, -0.25) is 9.59 Å². The van der Waals surface area contributed by atoms with Gasteiger partial charge in [0.25, 0.3) is 5.91 Å². The summed E-state index contributed by atoms with van der Waals surface area (Å²) in [4.78, 5) is 23.7. The molecule has 0 aliphatic carbocycles. The molecule has 2 aromatic carbocycles. The van der Waals surface area contributed by atoms with Crippen LogP contribution in [0.15, 0.2) is 40.9 Å². The van der Waals surface area contributed by atoms with Crippen molar-refractivity contribution in [3.8, 4) is 17.2 Å². The van der Waals surface area contributed by atoms with Gasteiger partial charge in [0.2, 0.25) is 5.91 Å². The van der Waals surface area contributed by atoms with E-state index < -0.39 is 0 Å². The Hall–Kier alpha value is -2.74. The standard InChI is InChI=1S/C19H19BrN2O5/c1-21-19(24)11-27-14-4-2-3-13(9-14)22-18(23)8-12-7-16-17(10-15(12)20)26-6-5-25-16/h2-4,7,9-10H,5-6,8,11H2,1H3,(H,21,24)(H,22,23). The summed E-state index contributed by atoms with van der Waals surface area (Å²) in [5.74, 6) is 1.38. The van der Waals surface area contributed by atoms with Gasteiger partial charge in [-0.2, -0.15) is 0 Å². The summed E-state index contributed by atoms with van der Waals surface area (Å²) in [5, 5.41) is 5.31. The van der Waals surface area contributed by atoms with E-state index in [-0.39, 0.29) is 24.8 Å². The van der Waals surface area contributed by atoms with Crippen LogP contribution in [0.1, 0.15) is 5.56 Å². The summed E-state index contributed by atoms with van der Waals surface area (Å²) < 4.78 is 17.2. The molecular weight excluding hydrogens is 416 g/mol. The summed E-state index contributed by atoms with van der Waals surface area (Å²) in [6.07, 6.45) is 0.167. The molecule has 0 fully saturated rings. The van der Waals surface area contributed by atoms with Crippen LogP contribution in [-0.4, -0.2) is 38.7 Å². The van der Waals surface area contributed by atoms with Gasteiger partial charge in [-0.25, -0.2) is 0 Å². The van der Waals surface area contributed by atoms with Crippen molar-refractivity contribution in [1.29, 1.82) is 0 Å². The zero-order valence-electron chi connectivity index (χ0n) is 14.7. The third-order valence-electron chi connectivity index (χ3n) is 3.83. The summed E-state index contributed by atoms with van der Waals surface area (Å²) in [6, 6.07) is 10.5. The van der Waals surface area contributed by atoms with Gasteiger partial charge in [-0.15, -0.1) is 0 Å². The summed E-state index contributed by atoms with van der Waals surface area (Å²) in [6.45, 7) is 0.915. The highest BCUT2D eigenvalue weighted by Gasteiger charge is 2.16. The zero-order valence-corrected chi connectivity index (χ0v) is 16.3. The van der Waals surface area contributed by atoms with Gasteiger partial charge in [0.1, 0.15) is 19.0 Å². The maximum absolute atomic E-state index is 12.4. The first-order chi connectivity index (χ1) is 13.0. The fraction of sp³-hybridized carbons (Fsp3) is 0.263. The summed E-state index contributed by atoms with van der Waals surface area (Å²) in [5.41, 5.74) is 1.38. The Bertz CT molecular complexity index is 856. The van der Waals surface area contributed by atoms with Crippen molar-refractivity contribution in [3.63, 3.8) is 0 Å². The molecule has 0 saturated heterocycles. The molecule has 1 heterocycles. The largest absolute Gasteiger partial charge is 0.486 e. The lowest BCUT2D eigenvalue weighted by Gasteiger charge is -2.19. The van der Waals surface area contributed by atoms with Gasteiger partial charge in [0, 0.05) is 23.3 Å². The number of likely N-dealkylation sites (N-methyl/N-ethyl adjacent to an activating group) is 1. The van der Waals surface area contributed by atoms with E-state index in [1.807, 2.05) is 6.07 Å². The van der Waals surface area contributed by atoms with Crippen LogP contribution >= 0.6 is 15.9 Å². The van der Waals surface area contributed by atoms with Gasteiger partial charge in [0.05, 0.1) is 6.42 Å². The number of anilines is 1. The van der Waals surface area contributed by atoms with Crippen LogP contribution in [0, 0.1) is 0 Å². The molecule has 27 heavy (non-hydrogen) atoms. The molecule has 7 nitrogen and oxygen atoms in total. The molecule has 2 aromatic rings. The smallest absolute Gasteiger partial charge is 0.257 e. The molecule has 1 aliphatic heterocycles. The highest BCUT2D eigenvalue weighted by Crippen LogP contribution is 2.35. The molecule has 3 rings (SSSR count). The van der Waals surface area contributed by atoms with Crippen molar-refractivity contribution < 1.29 is 23.8 Å². The van der Waals surface area contributed by atoms with E-state index in [1.165, 1.54) is 0 Å². The lowest BCUT2D eigenvalue weighted by molar-refractivity contribution is -0.122. The molecule has 0 bridgehead atoms. The van der Waals surface area contributed by atoms with Crippen LogP contribution in [0.5, 0.6) is 17.2 Å². The van der Waals surface area contributed by atoms with E-state index in [1.54, 1.807) is 37.4 Å². The Labute approximate surface area is 165 Å². The Morgan fingerprint density at radius 1 is 1.11 bits per heavy atom.